The highest BCUT2D eigenvalue weighted by Crippen LogP contribution is 2.31. The third kappa shape index (κ3) is 1.66. The summed E-state index contributed by atoms with van der Waals surface area (Å²) in [6, 6.07) is 2.09. The Bertz CT molecular complexity index is 607. The fourth-order valence-electron chi connectivity index (χ4n) is 1.39. The van der Waals surface area contributed by atoms with Gasteiger partial charge in [0.2, 0.25) is 0 Å². The fourth-order valence-corrected chi connectivity index (χ4v) is 2.41. The highest BCUT2D eigenvalue weighted by Gasteiger charge is 2.14. The van der Waals surface area contributed by atoms with Gasteiger partial charge in [0.05, 0.1) is 6.33 Å². The van der Waals surface area contributed by atoms with Gasteiger partial charge in [-0.3, -0.25) is 4.79 Å². The molecular formula is C10H10N4OS. The first-order valence-electron chi connectivity index (χ1n) is 4.92. The predicted molar refractivity (Wildman–Crippen MR) is 63.7 cm³/mol. The van der Waals surface area contributed by atoms with Crippen molar-refractivity contribution in [1.82, 2.24) is 9.97 Å². The standard InChI is InChI=1S/C10H10N4OS/c1-2-3-12-10-6(4-11)7-8(16-10)9(15)14-5-13-7/h5,12H,2-3H2,1H3,(H,13,14,15). The highest BCUT2D eigenvalue weighted by molar-refractivity contribution is 7.23. The largest absolute Gasteiger partial charge is 0.376 e. The summed E-state index contributed by atoms with van der Waals surface area (Å²) in [6.07, 6.45) is 2.28. The Morgan fingerprint density at radius 2 is 2.50 bits per heavy atom. The second-order valence-electron chi connectivity index (χ2n) is 3.25. The lowest BCUT2D eigenvalue weighted by Gasteiger charge is -1.99. The van der Waals surface area contributed by atoms with Crippen molar-refractivity contribution >= 4 is 26.6 Å². The normalized spacial score (nSPS) is 10.2. The zero-order valence-corrected chi connectivity index (χ0v) is 9.52. The number of hydrogen-bond donors (Lipinski definition) is 2. The molecule has 2 aromatic rings. The maximum absolute atomic E-state index is 11.5. The molecule has 5 nitrogen and oxygen atoms in total. The van der Waals surface area contributed by atoms with Crippen LogP contribution in [0, 0.1) is 11.3 Å². The van der Waals surface area contributed by atoms with Crippen LogP contribution in [0.5, 0.6) is 0 Å². The number of hydrogen-bond acceptors (Lipinski definition) is 5. The van der Waals surface area contributed by atoms with Crippen LogP contribution in [-0.2, 0) is 0 Å². The van der Waals surface area contributed by atoms with Gasteiger partial charge < -0.3 is 10.3 Å². The quantitative estimate of drug-likeness (QED) is 0.846. The van der Waals surface area contributed by atoms with E-state index >= 15 is 0 Å². The topological polar surface area (TPSA) is 81.6 Å². The molecule has 0 spiro atoms. The Balaban J connectivity index is 2.63. The minimum Gasteiger partial charge on any atom is -0.376 e. The summed E-state index contributed by atoms with van der Waals surface area (Å²) in [5.74, 6) is 0. The first-order chi connectivity index (χ1) is 7.77. The van der Waals surface area contributed by atoms with Crippen LogP contribution in [0.4, 0.5) is 5.00 Å². The molecule has 2 aromatic heterocycles. The number of anilines is 1. The molecule has 0 unspecified atom stereocenters. The summed E-state index contributed by atoms with van der Waals surface area (Å²) in [4.78, 5) is 18.0. The molecule has 0 aliphatic carbocycles. The second-order valence-corrected chi connectivity index (χ2v) is 4.27. The van der Waals surface area contributed by atoms with Crippen molar-refractivity contribution in [2.45, 2.75) is 13.3 Å². The summed E-state index contributed by atoms with van der Waals surface area (Å²) < 4.78 is 0.498. The molecule has 0 bridgehead atoms. The van der Waals surface area contributed by atoms with Crippen LogP contribution in [0.1, 0.15) is 18.9 Å². The molecule has 0 saturated heterocycles. The maximum atomic E-state index is 11.5. The first kappa shape index (κ1) is 10.6. The number of nitrogens with one attached hydrogen (secondary N) is 2. The van der Waals surface area contributed by atoms with Crippen molar-refractivity contribution in [2.75, 3.05) is 11.9 Å². The lowest BCUT2D eigenvalue weighted by Crippen LogP contribution is -2.03. The van der Waals surface area contributed by atoms with Crippen molar-refractivity contribution in [3.63, 3.8) is 0 Å². The van der Waals surface area contributed by atoms with Gasteiger partial charge in [-0.2, -0.15) is 5.26 Å². The number of H-pyrrole nitrogens is 1. The van der Waals surface area contributed by atoms with Gasteiger partial charge >= 0.3 is 0 Å². The number of rotatable bonds is 3. The lowest BCUT2D eigenvalue weighted by atomic mass is 10.3. The van der Waals surface area contributed by atoms with E-state index in [1.807, 2.05) is 6.92 Å². The van der Waals surface area contributed by atoms with Gasteiger partial charge in [-0.25, -0.2) is 4.98 Å². The van der Waals surface area contributed by atoms with Crippen molar-refractivity contribution in [2.24, 2.45) is 0 Å². The number of aromatic amines is 1. The van der Waals surface area contributed by atoms with Gasteiger partial charge in [-0.05, 0) is 6.42 Å². The molecule has 2 heterocycles. The van der Waals surface area contributed by atoms with E-state index < -0.39 is 0 Å². The van der Waals surface area contributed by atoms with E-state index in [2.05, 4.69) is 21.4 Å². The molecule has 2 rings (SSSR count). The molecule has 6 heteroatoms. The second kappa shape index (κ2) is 4.33. The van der Waals surface area contributed by atoms with Crippen LogP contribution in [0.2, 0.25) is 0 Å². The average Bonchev–Trinajstić information content (AvgIpc) is 2.65. The van der Waals surface area contributed by atoms with Crippen LogP contribution in [0.3, 0.4) is 0 Å². The smallest absolute Gasteiger partial charge is 0.268 e. The van der Waals surface area contributed by atoms with Gasteiger partial charge in [-0.15, -0.1) is 11.3 Å². The van der Waals surface area contributed by atoms with Crippen LogP contribution in [-0.4, -0.2) is 16.5 Å². The van der Waals surface area contributed by atoms with Crippen molar-refractivity contribution in [3.05, 3.63) is 22.2 Å². The van der Waals surface area contributed by atoms with E-state index in [1.54, 1.807) is 0 Å². The molecular weight excluding hydrogens is 224 g/mol. The first-order valence-corrected chi connectivity index (χ1v) is 5.73. The van der Waals surface area contributed by atoms with E-state index in [-0.39, 0.29) is 5.56 Å². The van der Waals surface area contributed by atoms with Crippen LogP contribution >= 0.6 is 11.3 Å². The third-order valence-electron chi connectivity index (χ3n) is 2.13. The molecule has 0 aliphatic rings. The summed E-state index contributed by atoms with van der Waals surface area (Å²) in [7, 11) is 0. The lowest BCUT2D eigenvalue weighted by molar-refractivity contribution is 0.983. The van der Waals surface area contributed by atoms with Gasteiger partial charge in [0, 0.05) is 6.54 Å². The van der Waals surface area contributed by atoms with Crippen molar-refractivity contribution in [3.8, 4) is 6.07 Å². The summed E-state index contributed by atoms with van der Waals surface area (Å²) in [5, 5.41) is 12.9. The van der Waals surface area contributed by atoms with E-state index in [1.165, 1.54) is 17.7 Å². The number of aromatic nitrogens is 2. The third-order valence-corrected chi connectivity index (χ3v) is 3.26. The molecule has 0 atom stereocenters. The SMILES string of the molecule is CCCNc1sc2c(=O)[nH]cnc2c1C#N. The Morgan fingerprint density at radius 1 is 1.69 bits per heavy atom. The zero-order chi connectivity index (χ0) is 11.5. The summed E-state index contributed by atoms with van der Waals surface area (Å²) >= 11 is 1.28. The number of thiophene rings is 1. The zero-order valence-electron chi connectivity index (χ0n) is 8.70. The minimum atomic E-state index is -0.198. The highest BCUT2D eigenvalue weighted by atomic mass is 32.1. The number of fused-ring (bicyclic) bond motifs is 1. The molecule has 0 amide bonds. The Labute approximate surface area is 95.8 Å². The van der Waals surface area contributed by atoms with Gasteiger partial charge in [0.15, 0.2) is 0 Å². The monoisotopic (exact) mass is 234 g/mol. The summed E-state index contributed by atoms with van der Waals surface area (Å²) in [6.45, 7) is 2.82. The van der Waals surface area contributed by atoms with E-state index in [0.29, 0.717) is 15.8 Å². The van der Waals surface area contributed by atoms with E-state index in [9.17, 15) is 4.79 Å². The molecule has 0 radical (unpaired) electrons. The predicted octanol–water partition coefficient (Wildman–Crippen LogP) is 1.68. The van der Waals surface area contributed by atoms with Gasteiger partial charge in [0.1, 0.15) is 26.9 Å². The van der Waals surface area contributed by atoms with Crippen molar-refractivity contribution < 1.29 is 0 Å². The van der Waals surface area contributed by atoms with Crippen LogP contribution < -0.4 is 10.9 Å². The van der Waals surface area contributed by atoms with E-state index in [0.717, 1.165) is 18.0 Å². The average molecular weight is 234 g/mol. The Kier molecular flexibility index (Phi) is 2.88. The number of nitrogens with zero attached hydrogens (tertiary/aromatic N) is 2. The van der Waals surface area contributed by atoms with Gasteiger partial charge in [-0.1, -0.05) is 6.92 Å². The van der Waals surface area contributed by atoms with Gasteiger partial charge in [0.25, 0.3) is 5.56 Å². The molecule has 16 heavy (non-hydrogen) atoms. The molecule has 0 saturated carbocycles. The summed E-state index contributed by atoms with van der Waals surface area (Å²) in [5.41, 5.74) is 0.741. The van der Waals surface area contributed by atoms with Crippen molar-refractivity contribution in [1.29, 1.82) is 5.26 Å². The maximum Gasteiger partial charge on any atom is 0.268 e. The molecule has 2 N–H and O–H groups in total. The Morgan fingerprint density at radius 3 is 3.19 bits per heavy atom. The fraction of sp³-hybridized carbons (Fsp3) is 0.300. The minimum absolute atomic E-state index is 0.198. The van der Waals surface area contributed by atoms with Crippen LogP contribution in [0.25, 0.3) is 10.2 Å². The number of nitriles is 1. The molecule has 0 aromatic carbocycles. The Hall–Kier alpha value is -1.87. The molecule has 0 fully saturated rings. The molecule has 0 aliphatic heterocycles. The van der Waals surface area contributed by atoms with Crippen LogP contribution in [0.15, 0.2) is 11.1 Å². The molecule has 82 valence electrons. The van der Waals surface area contributed by atoms with E-state index in [4.69, 9.17) is 5.26 Å².